The fourth-order valence-electron chi connectivity index (χ4n) is 3.28. The Hall–Kier alpha value is -1.59. The Labute approximate surface area is 170 Å². The number of anilines is 1. The molecule has 0 saturated carbocycles. The molecule has 27 heavy (non-hydrogen) atoms. The third-order valence-electron chi connectivity index (χ3n) is 4.76. The van der Waals surface area contributed by atoms with E-state index in [-0.39, 0.29) is 5.91 Å². The number of hydrogen-bond donors (Lipinski definition) is 1. The lowest BCUT2D eigenvalue weighted by molar-refractivity contribution is 0.0549. The van der Waals surface area contributed by atoms with Gasteiger partial charge in [-0.1, -0.05) is 35.3 Å². The zero-order valence-corrected chi connectivity index (χ0v) is 16.9. The lowest BCUT2D eigenvalue weighted by atomic mass is 10.00. The van der Waals surface area contributed by atoms with Gasteiger partial charge in [-0.2, -0.15) is 0 Å². The Kier molecular flexibility index (Phi) is 7.13. The molecule has 1 aliphatic rings. The summed E-state index contributed by atoms with van der Waals surface area (Å²) in [5, 5.41) is 3.68. The molecule has 2 aromatic rings. The van der Waals surface area contributed by atoms with Crippen LogP contribution in [0.3, 0.4) is 0 Å². The minimum Gasteiger partial charge on any atom is -0.381 e. The van der Waals surface area contributed by atoms with Gasteiger partial charge >= 0.3 is 0 Å². The van der Waals surface area contributed by atoms with E-state index >= 15 is 0 Å². The van der Waals surface area contributed by atoms with Gasteiger partial charge < -0.3 is 15.0 Å². The number of nitrogens with one attached hydrogen (secondary N) is 1. The van der Waals surface area contributed by atoms with Crippen LogP contribution in [0.4, 0.5) is 5.69 Å². The highest BCUT2D eigenvalue weighted by molar-refractivity contribution is 6.42. The predicted molar refractivity (Wildman–Crippen MR) is 111 cm³/mol. The summed E-state index contributed by atoms with van der Waals surface area (Å²) in [6.45, 7) is 3.73. The molecule has 0 aliphatic carbocycles. The van der Waals surface area contributed by atoms with Gasteiger partial charge in [0, 0.05) is 37.6 Å². The third kappa shape index (κ3) is 5.94. The zero-order valence-electron chi connectivity index (χ0n) is 15.4. The number of amides is 1. The summed E-state index contributed by atoms with van der Waals surface area (Å²) in [5.41, 5.74) is 2.45. The third-order valence-corrected chi connectivity index (χ3v) is 5.50. The van der Waals surface area contributed by atoms with E-state index in [0.29, 0.717) is 21.5 Å². The Balaban J connectivity index is 1.53. The number of rotatable bonds is 6. The topological polar surface area (TPSA) is 41.6 Å². The quantitative estimate of drug-likeness (QED) is 0.724. The summed E-state index contributed by atoms with van der Waals surface area (Å²) in [7, 11) is 2.15. The van der Waals surface area contributed by atoms with Crippen LogP contribution in [0.15, 0.2) is 42.5 Å². The van der Waals surface area contributed by atoms with E-state index in [9.17, 15) is 4.79 Å². The van der Waals surface area contributed by atoms with Crippen LogP contribution in [0.5, 0.6) is 0 Å². The first-order chi connectivity index (χ1) is 13.0. The van der Waals surface area contributed by atoms with Gasteiger partial charge in [-0.25, -0.2) is 0 Å². The lowest BCUT2D eigenvalue weighted by Gasteiger charge is -2.27. The molecular formula is C21H24Cl2N2O2. The number of ether oxygens (including phenoxy) is 1. The molecule has 1 fully saturated rings. The van der Waals surface area contributed by atoms with Crippen molar-refractivity contribution in [2.24, 2.45) is 5.92 Å². The molecule has 1 saturated heterocycles. The minimum absolute atomic E-state index is 0.210. The SMILES string of the molecule is CN(Cc1ccc(NC(=O)c2ccc(Cl)c(Cl)c2)cc1)CC1CCOCC1. The van der Waals surface area contributed by atoms with Crippen LogP contribution >= 0.6 is 23.2 Å². The molecule has 1 amide bonds. The van der Waals surface area contributed by atoms with E-state index in [1.54, 1.807) is 18.2 Å². The Morgan fingerprint density at radius 3 is 2.48 bits per heavy atom. The number of halogens is 2. The van der Waals surface area contributed by atoms with E-state index < -0.39 is 0 Å². The van der Waals surface area contributed by atoms with E-state index in [1.165, 1.54) is 5.56 Å². The molecule has 1 N–H and O–H groups in total. The first kappa shape index (κ1) is 20.2. The number of carbonyl (C=O) groups is 1. The van der Waals surface area contributed by atoms with Crippen molar-refractivity contribution in [1.82, 2.24) is 4.90 Å². The molecule has 0 radical (unpaired) electrons. The standard InChI is InChI=1S/C21H24Cl2N2O2/c1-25(14-16-8-10-27-11-9-16)13-15-2-5-18(6-3-15)24-21(26)17-4-7-19(22)20(23)12-17/h2-7,12,16H,8-11,13-14H2,1H3,(H,24,26). The van der Waals surface area contributed by atoms with Gasteiger partial charge in [0.25, 0.3) is 5.91 Å². The van der Waals surface area contributed by atoms with E-state index in [2.05, 4.69) is 17.3 Å². The van der Waals surface area contributed by atoms with Gasteiger partial charge in [0.05, 0.1) is 10.0 Å². The number of carbonyl (C=O) groups excluding carboxylic acids is 1. The Bertz CT molecular complexity index is 774. The van der Waals surface area contributed by atoms with E-state index in [4.69, 9.17) is 27.9 Å². The summed E-state index contributed by atoms with van der Waals surface area (Å²) >= 11 is 11.9. The second-order valence-electron chi connectivity index (χ2n) is 7.03. The number of benzene rings is 2. The summed E-state index contributed by atoms with van der Waals surface area (Å²) < 4.78 is 5.42. The van der Waals surface area contributed by atoms with E-state index in [1.807, 2.05) is 24.3 Å². The van der Waals surface area contributed by atoms with Crippen molar-refractivity contribution < 1.29 is 9.53 Å². The average molecular weight is 407 g/mol. The monoisotopic (exact) mass is 406 g/mol. The molecule has 0 atom stereocenters. The highest BCUT2D eigenvalue weighted by Crippen LogP contribution is 2.23. The summed E-state index contributed by atoms with van der Waals surface area (Å²) in [5.74, 6) is 0.506. The normalized spacial score (nSPS) is 15.1. The van der Waals surface area contributed by atoms with Gasteiger partial charge in [-0.3, -0.25) is 4.79 Å². The number of hydrogen-bond acceptors (Lipinski definition) is 3. The zero-order chi connectivity index (χ0) is 19.2. The van der Waals surface area contributed by atoms with Gasteiger partial charge in [0.2, 0.25) is 0 Å². The van der Waals surface area contributed by atoms with E-state index in [0.717, 1.165) is 44.8 Å². The van der Waals surface area contributed by atoms with Crippen LogP contribution in [0, 0.1) is 5.92 Å². The lowest BCUT2D eigenvalue weighted by Crippen LogP contribution is -2.29. The molecule has 0 unspecified atom stereocenters. The molecule has 2 aromatic carbocycles. The first-order valence-corrected chi connectivity index (χ1v) is 9.88. The second kappa shape index (κ2) is 9.56. The molecule has 0 aromatic heterocycles. The smallest absolute Gasteiger partial charge is 0.255 e. The van der Waals surface area contributed by atoms with Crippen LogP contribution in [0.25, 0.3) is 0 Å². The Morgan fingerprint density at radius 2 is 1.81 bits per heavy atom. The maximum atomic E-state index is 12.3. The van der Waals surface area contributed by atoms with Crippen LogP contribution in [-0.2, 0) is 11.3 Å². The van der Waals surface area contributed by atoms with Gasteiger partial charge in [-0.05, 0) is 61.7 Å². The molecule has 3 rings (SSSR count). The molecule has 4 nitrogen and oxygen atoms in total. The summed E-state index contributed by atoms with van der Waals surface area (Å²) in [6, 6.07) is 12.8. The fraction of sp³-hybridized carbons (Fsp3) is 0.381. The maximum absolute atomic E-state index is 12.3. The van der Waals surface area contributed by atoms with Gasteiger partial charge in [0.15, 0.2) is 0 Å². The second-order valence-corrected chi connectivity index (χ2v) is 7.85. The van der Waals surface area contributed by atoms with Crippen LogP contribution in [0.2, 0.25) is 10.0 Å². The predicted octanol–water partition coefficient (Wildman–Crippen LogP) is 5.10. The van der Waals surface area contributed by atoms with Crippen molar-refractivity contribution in [1.29, 1.82) is 0 Å². The van der Waals surface area contributed by atoms with Gasteiger partial charge in [0.1, 0.15) is 0 Å². The first-order valence-electron chi connectivity index (χ1n) is 9.13. The van der Waals surface area contributed by atoms with Crippen molar-refractivity contribution in [3.63, 3.8) is 0 Å². The van der Waals surface area contributed by atoms with Crippen LogP contribution in [-0.4, -0.2) is 37.6 Å². The van der Waals surface area contributed by atoms with Crippen molar-refractivity contribution in [3.05, 3.63) is 63.6 Å². The largest absolute Gasteiger partial charge is 0.381 e. The fourth-order valence-corrected chi connectivity index (χ4v) is 3.58. The molecule has 1 aliphatic heterocycles. The van der Waals surface area contributed by atoms with Crippen molar-refractivity contribution >= 4 is 34.8 Å². The summed E-state index contributed by atoms with van der Waals surface area (Å²) in [6.07, 6.45) is 2.29. The highest BCUT2D eigenvalue weighted by Gasteiger charge is 2.16. The summed E-state index contributed by atoms with van der Waals surface area (Å²) in [4.78, 5) is 14.7. The van der Waals surface area contributed by atoms with Crippen molar-refractivity contribution in [2.75, 3.05) is 32.1 Å². The van der Waals surface area contributed by atoms with Gasteiger partial charge in [-0.15, -0.1) is 0 Å². The Morgan fingerprint density at radius 1 is 1.11 bits per heavy atom. The average Bonchev–Trinajstić information content (AvgIpc) is 2.66. The molecule has 144 valence electrons. The molecule has 0 spiro atoms. The van der Waals surface area contributed by atoms with Crippen LogP contribution in [0.1, 0.15) is 28.8 Å². The highest BCUT2D eigenvalue weighted by atomic mass is 35.5. The minimum atomic E-state index is -0.210. The molecule has 6 heteroatoms. The molecule has 0 bridgehead atoms. The molecule has 1 heterocycles. The number of nitrogens with zero attached hydrogens (tertiary/aromatic N) is 1. The maximum Gasteiger partial charge on any atom is 0.255 e. The van der Waals surface area contributed by atoms with Crippen LogP contribution < -0.4 is 5.32 Å². The van der Waals surface area contributed by atoms with Crippen molar-refractivity contribution in [2.45, 2.75) is 19.4 Å². The van der Waals surface area contributed by atoms with Crippen molar-refractivity contribution in [3.8, 4) is 0 Å². The molecular weight excluding hydrogens is 383 g/mol.